The summed E-state index contributed by atoms with van der Waals surface area (Å²) >= 11 is 6.44. The Labute approximate surface area is 296 Å². The summed E-state index contributed by atoms with van der Waals surface area (Å²) in [4.78, 5) is 31.1. The molecule has 1 spiro atoms. The smallest absolute Gasteiger partial charge is 0.285 e. The Bertz CT molecular complexity index is 1720. The number of carbonyl (C=O) groups is 2. The first-order valence-corrected chi connectivity index (χ1v) is 19.9. The fraction of sp³-hybridized carbons (Fsp3) is 0.579. The minimum Gasteiger partial charge on any atom is -0.490 e. The number of fused-ring (bicyclic) bond motifs is 3. The normalized spacial score (nSPS) is 31.6. The summed E-state index contributed by atoms with van der Waals surface area (Å²) in [7, 11) is -1.65. The minimum absolute atomic E-state index is 0.0360. The third-order valence-electron chi connectivity index (χ3n) is 11.1. The average Bonchev–Trinajstić information content (AvgIpc) is 3.18. The number of likely N-dealkylation sites (tertiary alicyclic amines) is 1. The predicted octanol–water partition coefficient (Wildman–Crippen LogP) is 5.90. The fourth-order valence-electron chi connectivity index (χ4n) is 8.02. The number of amides is 2. The van der Waals surface area contributed by atoms with Gasteiger partial charge in [-0.1, -0.05) is 57.0 Å². The van der Waals surface area contributed by atoms with Crippen molar-refractivity contribution in [2.24, 2.45) is 22.1 Å². The topological polar surface area (TPSA) is 109 Å². The average molecular weight is 712 g/mol. The molecular weight excluding hydrogens is 662 g/mol. The van der Waals surface area contributed by atoms with Gasteiger partial charge in [0.05, 0.1) is 34.2 Å². The lowest BCUT2D eigenvalue weighted by Gasteiger charge is -2.42. The summed E-state index contributed by atoms with van der Waals surface area (Å²) in [5, 5.41) is 12.1. The first kappa shape index (κ1) is 35.9. The number of aliphatic hydroxyl groups excluding tert-OH is 1. The van der Waals surface area contributed by atoms with Crippen molar-refractivity contribution in [3.8, 4) is 5.75 Å². The van der Waals surface area contributed by atoms with Crippen LogP contribution in [0.4, 0.5) is 5.69 Å². The number of benzene rings is 2. The monoisotopic (exact) mass is 711 g/mol. The number of nitrogens with zero attached hydrogens (tertiary/aromatic N) is 3. The Hall–Kier alpha value is -2.92. The number of hydrogen-bond acceptors (Lipinski definition) is 7. The molecule has 2 bridgehead atoms. The van der Waals surface area contributed by atoms with E-state index in [4.69, 9.17) is 21.1 Å². The van der Waals surface area contributed by atoms with E-state index in [1.807, 2.05) is 37.3 Å². The maximum atomic E-state index is 14.5. The van der Waals surface area contributed by atoms with Gasteiger partial charge in [0.2, 0.25) is 5.91 Å². The van der Waals surface area contributed by atoms with Crippen LogP contribution < -0.4 is 9.64 Å². The van der Waals surface area contributed by atoms with Crippen molar-refractivity contribution < 1.29 is 28.4 Å². The summed E-state index contributed by atoms with van der Waals surface area (Å²) in [5.41, 5.74) is 3.28. The van der Waals surface area contributed by atoms with Crippen molar-refractivity contribution in [3.05, 3.63) is 70.3 Å². The molecule has 0 saturated carbocycles. The summed E-state index contributed by atoms with van der Waals surface area (Å²) in [5.74, 6) is -0.473. The molecule has 11 heteroatoms. The molecule has 3 heterocycles. The van der Waals surface area contributed by atoms with Gasteiger partial charge >= 0.3 is 0 Å². The van der Waals surface area contributed by atoms with E-state index in [2.05, 4.69) is 35.2 Å². The highest BCUT2D eigenvalue weighted by Gasteiger charge is 2.43. The summed E-state index contributed by atoms with van der Waals surface area (Å²) < 4.78 is 30.7. The number of rotatable bonds is 4. The first-order valence-electron chi connectivity index (χ1n) is 17.7. The highest BCUT2D eigenvalue weighted by molar-refractivity contribution is 7.94. The van der Waals surface area contributed by atoms with Gasteiger partial charge in [0.1, 0.15) is 11.5 Å². The van der Waals surface area contributed by atoms with Gasteiger partial charge in [0.15, 0.2) is 0 Å². The molecule has 9 nitrogen and oxygen atoms in total. The fourth-order valence-corrected chi connectivity index (χ4v) is 10.5. The van der Waals surface area contributed by atoms with Crippen LogP contribution in [-0.2, 0) is 31.1 Å². The summed E-state index contributed by atoms with van der Waals surface area (Å²) in [6, 6.07) is 11.5. The molecule has 4 aliphatic rings. The minimum atomic E-state index is -3.26. The lowest BCUT2D eigenvalue weighted by Crippen LogP contribution is -2.55. The molecular formula is C38H50ClN3O6S. The van der Waals surface area contributed by atoms with E-state index in [1.165, 1.54) is 11.1 Å². The van der Waals surface area contributed by atoms with Crippen molar-refractivity contribution in [2.45, 2.75) is 70.5 Å². The van der Waals surface area contributed by atoms with E-state index in [-0.39, 0.29) is 46.7 Å². The van der Waals surface area contributed by atoms with Crippen LogP contribution in [0.15, 0.2) is 52.9 Å². The number of hydrogen-bond donors (Lipinski definition) is 1. The molecule has 0 unspecified atom stereocenters. The van der Waals surface area contributed by atoms with E-state index in [9.17, 15) is 18.9 Å². The number of aryl methyl sites for hydroxylation is 1. The number of ether oxygens (including phenoxy) is 2. The van der Waals surface area contributed by atoms with Gasteiger partial charge in [-0.2, -0.15) is 4.36 Å². The number of aliphatic hydroxyl groups is 1. The van der Waals surface area contributed by atoms with E-state index in [0.29, 0.717) is 50.5 Å². The van der Waals surface area contributed by atoms with Gasteiger partial charge in [-0.25, -0.2) is 4.21 Å². The predicted molar refractivity (Wildman–Crippen MR) is 194 cm³/mol. The van der Waals surface area contributed by atoms with Gasteiger partial charge in [-0.3, -0.25) is 9.59 Å². The Morgan fingerprint density at radius 1 is 1.18 bits per heavy atom. The molecule has 266 valence electrons. The van der Waals surface area contributed by atoms with Gasteiger partial charge in [0.25, 0.3) is 5.91 Å². The summed E-state index contributed by atoms with van der Waals surface area (Å²) in [6.45, 7) is 8.87. The molecule has 2 amide bonds. The SMILES string of the molecule is CC[C@H]1CN2C[C@@]3(CCCc4cc(Cl)ccc43)COc3ccc(cc32)C(=O)N=[S@](=O)(CC(=O)N2CC(OC)C2)C[C@@H](C)C/C=C/[C@H](O)[C@@H]1C. The van der Waals surface area contributed by atoms with Gasteiger partial charge < -0.3 is 24.4 Å². The van der Waals surface area contributed by atoms with Crippen LogP contribution in [-0.4, -0.2) is 89.6 Å². The molecule has 2 aromatic carbocycles. The van der Waals surface area contributed by atoms with Crippen molar-refractivity contribution in [3.63, 3.8) is 0 Å². The summed E-state index contributed by atoms with van der Waals surface area (Å²) in [6.07, 6.45) is 7.40. The molecule has 1 aliphatic carbocycles. The van der Waals surface area contributed by atoms with Crippen LogP contribution in [0.3, 0.4) is 0 Å². The van der Waals surface area contributed by atoms with Crippen LogP contribution >= 0.6 is 11.6 Å². The van der Waals surface area contributed by atoms with Crippen molar-refractivity contribution in [1.29, 1.82) is 0 Å². The maximum Gasteiger partial charge on any atom is 0.285 e. The number of halogens is 1. The molecule has 6 atom stereocenters. The highest BCUT2D eigenvalue weighted by Crippen LogP contribution is 2.45. The molecule has 0 aromatic heterocycles. The lowest BCUT2D eigenvalue weighted by molar-refractivity contribution is -0.140. The van der Waals surface area contributed by atoms with E-state index < -0.39 is 21.7 Å². The third kappa shape index (κ3) is 7.72. The molecule has 1 saturated heterocycles. The standard InChI is InChI=1S/C38H50ClN3O6S/c1-5-27-18-42-23-38(15-7-9-28-16-30(39)12-13-32(28)38)24-48-35-14-11-29(17-33(35)42)37(45)40-49(46,22-36(44)41-19-31(20-41)47-4)21-25(2)8-6-10-34(43)26(27)3/h6,10-14,16-17,25-27,31,34,43H,5,7-9,15,18-24H2,1-4H3/b10-6+/t25-,26+,27-,34-,38-,49+/m0/s1. The quantitative estimate of drug-likeness (QED) is 0.394. The van der Waals surface area contributed by atoms with Gasteiger partial charge in [-0.05, 0) is 84.9 Å². The van der Waals surface area contributed by atoms with Crippen molar-refractivity contribution in [2.75, 3.05) is 56.3 Å². The Balaban J connectivity index is 1.42. The van der Waals surface area contributed by atoms with Crippen LogP contribution in [0, 0.1) is 17.8 Å². The molecule has 2 aromatic rings. The zero-order chi connectivity index (χ0) is 34.9. The molecule has 1 fully saturated rings. The molecule has 0 radical (unpaired) electrons. The second-order valence-electron chi connectivity index (χ2n) is 14.7. The molecule has 1 N–H and O–H groups in total. The Morgan fingerprint density at radius 3 is 2.73 bits per heavy atom. The Kier molecular flexibility index (Phi) is 10.8. The Morgan fingerprint density at radius 2 is 1.98 bits per heavy atom. The number of carbonyl (C=O) groups excluding carboxylic acids is 2. The van der Waals surface area contributed by atoms with Crippen LogP contribution in [0.2, 0.25) is 5.02 Å². The zero-order valence-electron chi connectivity index (χ0n) is 29.1. The second-order valence-corrected chi connectivity index (χ2v) is 17.5. The second kappa shape index (κ2) is 14.7. The van der Waals surface area contributed by atoms with Gasteiger partial charge in [0, 0.05) is 55.0 Å². The van der Waals surface area contributed by atoms with Gasteiger partial charge in [-0.15, -0.1) is 0 Å². The van der Waals surface area contributed by atoms with Crippen molar-refractivity contribution in [1.82, 2.24) is 4.90 Å². The number of methoxy groups -OCH3 is 1. The third-order valence-corrected chi connectivity index (χ3v) is 13.6. The van der Waals surface area contributed by atoms with E-state index >= 15 is 0 Å². The number of anilines is 1. The zero-order valence-corrected chi connectivity index (χ0v) is 30.7. The van der Waals surface area contributed by atoms with Crippen LogP contribution in [0.1, 0.15) is 67.9 Å². The van der Waals surface area contributed by atoms with Crippen LogP contribution in [0.25, 0.3) is 0 Å². The lowest BCUT2D eigenvalue weighted by atomic mass is 9.70. The van der Waals surface area contributed by atoms with Crippen molar-refractivity contribution >= 4 is 38.8 Å². The van der Waals surface area contributed by atoms with Crippen LogP contribution in [0.5, 0.6) is 5.75 Å². The largest absolute Gasteiger partial charge is 0.490 e. The molecule has 3 aliphatic heterocycles. The van der Waals surface area contributed by atoms with E-state index in [1.54, 1.807) is 18.1 Å². The molecule has 6 rings (SSSR count). The maximum absolute atomic E-state index is 14.5. The highest BCUT2D eigenvalue weighted by atomic mass is 35.5. The molecule has 49 heavy (non-hydrogen) atoms. The number of allylic oxidation sites excluding steroid dienone is 1. The van der Waals surface area contributed by atoms with E-state index in [0.717, 1.165) is 36.4 Å². The first-order chi connectivity index (χ1) is 23.4.